The molecule has 0 bridgehead atoms. The molecule has 0 spiro atoms. The molecule has 1 aromatic carbocycles. The van der Waals surface area contributed by atoms with E-state index in [-0.39, 0.29) is 12.4 Å². The minimum Gasteiger partial charge on any atom is -0.396 e. The van der Waals surface area contributed by atoms with E-state index in [0.717, 1.165) is 37.2 Å². The van der Waals surface area contributed by atoms with Crippen molar-refractivity contribution in [3.63, 3.8) is 0 Å². The second-order valence-corrected chi connectivity index (χ2v) is 6.03. The Morgan fingerprint density at radius 3 is 2.90 bits per heavy atom. The lowest BCUT2D eigenvalue weighted by Crippen LogP contribution is -2.37. The van der Waals surface area contributed by atoms with E-state index in [1.807, 2.05) is 6.07 Å². The van der Waals surface area contributed by atoms with Crippen molar-refractivity contribution in [3.8, 4) is 0 Å². The predicted octanol–water partition coefficient (Wildman–Crippen LogP) is 2.29. The zero-order valence-electron chi connectivity index (χ0n) is 11.8. The Bertz CT molecular complexity index is 462. The maximum absolute atomic E-state index is 14.1. The van der Waals surface area contributed by atoms with Gasteiger partial charge in [0.25, 0.3) is 0 Å². The summed E-state index contributed by atoms with van der Waals surface area (Å²) in [4.78, 5) is 2.23. The third-order valence-electron chi connectivity index (χ3n) is 4.36. The van der Waals surface area contributed by atoms with Gasteiger partial charge in [-0.15, -0.1) is 0 Å². The molecular formula is C16H23FN2O. The lowest BCUT2D eigenvalue weighted by atomic mass is 9.97. The summed E-state index contributed by atoms with van der Waals surface area (Å²) in [6.07, 6.45) is 4.55. The van der Waals surface area contributed by atoms with Crippen LogP contribution < -0.4 is 10.2 Å². The molecule has 3 nitrogen and oxygen atoms in total. The molecule has 4 heteroatoms. The van der Waals surface area contributed by atoms with Crippen LogP contribution in [0.15, 0.2) is 18.2 Å². The highest BCUT2D eigenvalue weighted by Gasteiger charge is 2.24. The average Bonchev–Trinajstić information content (AvgIpc) is 3.30. The van der Waals surface area contributed by atoms with Crippen LogP contribution in [0.1, 0.15) is 31.2 Å². The molecule has 3 rings (SSSR count). The molecule has 2 N–H and O–H groups in total. The van der Waals surface area contributed by atoms with E-state index in [4.69, 9.17) is 0 Å². The van der Waals surface area contributed by atoms with Crippen molar-refractivity contribution in [1.82, 2.24) is 5.32 Å². The quantitative estimate of drug-likeness (QED) is 0.867. The summed E-state index contributed by atoms with van der Waals surface area (Å²) >= 11 is 0. The van der Waals surface area contributed by atoms with Gasteiger partial charge in [0, 0.05) is 43.5 Å². The van der Waals surface area contributed by atoms with Crippen molar-refractivity contribution in [2.45, 2.75) is 38.3 Å². The minimum atomic E-state index is -0.123. The summed E-state index contributed by atoms with van der Waals surface area (Å²) in [6.45, 7) is 2.61. The number of halogens is 1. The van der Waals surface area contributed by atoms with Gasteiger partial charge in [-0.25, -0.2) is 4.39 Å². The standard InChI is InChI=1S/C16H23FN2O/c17-15-4-1-5-16(14(15)9-18-13-6-7-13)19-8-2-3-12(10-19)11-20/h1,4-5,12-13,18,20H,2-3,6-11H2. The summed E-state index contributed by atoms with van der Waals surface area (Å²) in [5.41, 5.74) is 1.77. The molecule has 1 heterocycles. The maximum atomic E-state index is 14.1. The van der Waals surface area contributed by atoms with Crippen LogP contribution in [0.2, 0.25) is 0 Å². The van der Waals surface area contributed by atoms with Gasteiger partial charge in [0.15, 0.2) is 0 Å². The van der Waals surface area contributed by atoms with Crippen molar-refractivity contribution < 1.29 is 9.50 Å². The Morgan fingerprint density at radius 1 is 1.30 bits per heavy atom. The third kappa shape index (κ3) is 3.13. The molecule has 110 valence electrons. The topological polar surface area (TPSA) is 35.5 Å². The van der Waals surface area contributed by atoms with Gasteiger partial charge in [0.05, 0.1) is 0 Å². The number of aliphatic hydroxyl groups excluding tert-OH is 1. The van der Waals surface area contributed by atoms with Crippen molar-refractivity contribution in [2.24, 2.45) is 5.92 Å². The predicted molar refractivity (Wildman–Crippen MR) is 78.3 cm³/mol. The average molecular weight is 278 g/mol. The molecule has 1 unspecified atom stereocenters. The highest BCUT2D eigenvalue weighted by molar-refractivity contribution is 5.54. The van der Waals surface area contributed by atoms with Gasteiger partial charge in [-0.3, -0.25) is 0 Å². The van der Waals surface area contributed by atoms with E-state index in [1.165, 1.54) is 12.8 Å². The molecule has 1 saturated heterocycles. The summed E-state index contributed by atoms with van der Waals surface area (Å²) in [5, 5.41) is 12.8. The van der Waals surface area contributed by atoms with E-state index in [1.54, 1.807) is 12.1 Å². The van der Waals surface area contributed by atoms with E-state index in [2.05, 4.69) is 10.2 Å². The van der Waals surface area contributed by atoms with Gasteiger partial charge >= 0.3 is 0 Å². The lowest BCUT2D eigenvalue weighted by Gasteiger charge is -2.35. The molecule has 0 aromatic heterocycles. The van der Waals surface area contributed by atoms with Crippen LogP contribution in [0, 0.1) is 11.7 Å². The molecule has 20 heavy (non-hydrogen) atoms. The molecule has 0 radical (unpaired) electrons. The fraction of sp³-hybridized carbons (Fsp3) is 0.625. The Kier molecular flexibility index (Phi) is 4.22. The Hall–Kier alpha value is -1.13. The number of anilines is 1. The van der Waals surface area contributed by atoms with E-state index < -0.39 is 0 Å². The zero-order chi connectivity index (χ0) is 13.9. The summed E-state index contributed by atoms with van der Waals surface area (Å²) < 4.78 is 14.1. The summed E-state index contributed by atoms with van der Waals surface area (Å²) in [7, 11) is 0. The van der Waals surface area contributed by atoms with Crippen LogP contribution in [0.4, 0.5) is 10.1 Å². The molecule has 1 aliphatic heterocycles. The fourth-order valence-corrected chi connectivity index (χ4v) is 2.99. The normalized spacial score (nSPS) is 23.1. The molecule has 1 atom stereocenters. The number of hydrogen-bond acceptors (Lipinski definition) is 3. The molecule has 1 aliphatic carbocycles. The van der Waals surface area contributed by atoms with Crippen molar-refractivity contribution in [2.75, 3.05) is 24.6 Å². The smallest absolute Gasteiger partial charge is 0.129 e. The van der Waals surface area contributed by atoms with Gasteiger partial charge < -0.3 is 15.3 Å². The maximum Gasteiger partial charge on any atom is 0.129 e. The van der Waals surface area contributed by atoms with Crippen LogP contribution in [0.25, 0.3) is 0 Å². The first kappa shape index (κ1) is 13.8. The van der Waals surface area contributed by atoms with Crippen LogP contribution in [-0.4, -0.2) is 30.8 Å². The zero-order valence-corrected chi connectivity index (χ0v) is 11.8. The van der Waals surface area contributed by atoms with E-state index in [0.29, 0.717) is 18.5 Å². The second-order valence-electron chi connectivity index (χ2n) is 6.03. The minimum absolute atomic E-state index is 0.123. The van der Waals surface area contributed by atoms with Gasteiger partial charge in [0.2, 0.25) is 0 Å². The number of benzene rings is 1. The van der Waals surface area contributed by atoms with Crippen molar-refractivity contribution in [3.05, 3.63) is 29.6 Å². The largest absolute Gasteiger partial charge is 0.396 e. The Labute approximate surface area is 119 Å². The molecular weight excluding hydrogens is 255 g/mol. The third-order valence-corrected chi connectivity index (χ3v) is 4.36. The summed E-state index contributed by atoms with van der Waals surface area (Å²) in [6, 6.07) is 5.91. The van der Waals surface area contributed by atoms with Crippen LogP contribution in [0.5, 0.6) is 0 Å². The number of hydrogen-bond donors (Lipinski definition) is 2. The van der Waals surface area contributed by atoms with Crippen LogP contribution >= 0.6 is 0 Å². The molecule has 2 aliphatic rings. The van der Waals surface area contributed by atoms with Gasteiger partial charge in [-0.1, -0.05) is 6.07 Å². The number of nitrogens with zero attached hydrogens (tertiary/aromatic N) is 1. The van der Waals surface area contributed by atoms with Crippen molar-refractivity contribution >= 4 is 5.69 Å². The number of aliphatic hydroxyl groups is 1. The van der Waals surface area contributed by atoms with Gasteiger partial charge in [-0.05, 0) is 43.7 Å². The highest BCUT2D eigenvalue weighted by atomic mass is 19.1. The fourth-order valence-electron chi connectivity index (χ4n) is 2.99. The molecule has 1 saturated carbocycles. The van der Waals surface area contributed by atoms with Gasteiger partial charge in [-0.2, -0.15) is 0 Å². The summed E-state index contributed by atoms with van der Waals surface area (Å²) in [5.74, 6) is 0.193. The Morgan fingerprint density at radius 2 is 2.15 bits per heavy atom. The first-order chi connectivity index (χ1) is 9.78. The number of nitrogens with one attached hydrogen (secondary N) is 1. The molecule has 1 aromatic rings. The van der Waals surface area contributed by atoms with E-state index >= 15 is 0 Å². The van der Waals surface area contributed by atoms with Crippen molar-refractivity contribution in [1.29, 1.82) is 0 Å². The first-order valence-electron chi connectivity index (χ1n) is 7.64. The first-order valence-corrected chi connectivity index (χ1v) is 7.64. The van der Waals surface area contributed by atoms with Gasteiger partial charge in [0.1, 0.15) is 5.82 Å². The lowest BCUT2D eigenvalue weighted by molar-refractivity contribution is 0.208. The second kappa shape index (κ2) is 6.10. The number of piperidine rings is 1. The SMILES string of the molecule is OCC1CCCN(c2cccc(F)c2CNC2CC2)C1. The monoisotopic (exact) mass is 278 g/mol. The number of rotatable bonds is 5. The molecule has 0 amide bonds. The highest BCUT2D eigenvalue weighted by Crippen LogP contribution is 2.29. The van der Waals surface area contributed by atoms with E-state index in [9.17, 15) is 9.50 Å². The Balaban J connectivity index is 1.77. The van der Waals surface area contributed by atoms with Crippen LogP contribution in [0.3, 0.4) is 0 Å². The molecule has 2 fully saturated rings. The van der Waals surface area contributed by atoms with Crippen LogP contribution in [-0.2, 0) is 6.54 Å².